The molecular formula is C14H17Cl2N3. The highest BCUT2D eigenvalue weighted by molar-refractivity contribution is 6.31. The van der Waals surface area contributed by atoms with Gasteiger partial charge >= 0.3 is 0 Å². The summed E-state index contributed by atoms with van der Waals surface area (Å²) in [6.07, 6.45) is 1.14. The van der Waals surface area contributed by atoms with Crippen LogP contribution in [0.1, 0.15) is 30.6 Å². The van der Waals surface area contributed by atoms with Crippen LogP contribution in [0.5, 0.6) is 0 Å². The average Bonchev–Trinajstić information content (AvgIpc) is 2.91. The molecule has 1 aliphatic rings. The van der Waals surface area contributed by atoms with Gasteiger partial charge in [-0.1, -0.05) is 11.6 Å². The SMILES string of the molecule is CC(Cl)c1nc2cc(Cl)ccc2n1C1CCN(C)C1. The van der Waals surface area contributed by atoms with Crippen molar-refractivity contribution in [3.8, 4) is 0 Å². The number of halogens is 2. The van der Waals surface area contributed by atoms with Crippen LogP contribution < -0.4 is 0 Å². The molecule has 0 radical (unpaired) electrons. The van der Waals surface area contributed by atoms with E-state index in [9.17, 15) is 0 Å². The summed E-state index contributed by atoms with van der Waals surface area (Å²) in [4.78, 5) is 7.01. The van der Waals surface area contributed by atoms with E-state index in [1.165, 1.54) is 0 Å². The van der Waals surface area contributed by atoms with E-state index in [4.69, 9.17) is 23.2 Å². The van der Waals surface area contributed by atoms with E-state index in [0.717, 1.165) is 41.4 Å². The monoisotopic (exact) mass is 297 g/mol. The van der Waals surface area contributed by atoms with E-state index >= 15 is 0 Å². The highest BCUT2D eigenvalue weighted by Crippen LogP contribution is 2.32. The summed E-state index contributed by atoms with van der Waals surface area (Å²) >= 11 is 12.4. The number of hydrogen-bond acceptors (Lipinski definition) is 2. The molecule has 1 saturated heterocycles. The Bertz CT molecular complexity index is 606. The molecule has 3 nitrogen and oxygen atoms in total. The minimum atomic E-state index is -0.0999. The lowest BCUT2D eigenvalue weighted by Crippen LogP contribution is -2.18. The van der Waals surface area contributed by atoms with Crippen molar-refractivity contribution >= 4 is 34.2 Å². The molecule has 1 aromatic heterocycles. The molecule has 0 amide bonds. The quantitative estimate of drug-likeness (QED) is 0.785. The molecule has 2 atom stereocenters. The van der Waals surface area contributed by atoms with E-state index in [1.807, 2.05) is 25.1 Å². The Kier molecular flexibility index (Phi) is 3.46. The topological polar surface area (TPSA) is 21.1 Å². The van der Waals surface area contributed by atoms with Gasteiger partial charge in [-0.05, 0) is 45.1 Å². The lowest BCUT2D eigenvalue weighted by atomic mass is 10.2. The molecule has 19 heavy (non-hydrogen) atoms. The van der Waals surface area contributed by atoms with E-state index < -0.39 is 0 Å². The van der Waals surface area contributed by atoms with Gasteiger partial charge in [0.1, 0.15) is 5.82 Å². The highest BCUT2D eigenvalue weighted by Gasteiger charge is 2.26. The molecule has 2 unspecified atom stereocenters. The first-order valence-corrected chi connectivity index (χ1v) is 7.37. The fourth-order valence-electron chi connectivity index (χ4n) is 2.88. The standard InChI is InChI=1S/C14H17Cl2N3/c1-9(15)14-17-12-7-10(16)3-4-13(12)19(14)11-5-6-18(2)8-11/h3-4,7,9,11H,5-6,8H2,1-2H3. The van der Waals surface area contributed by atoms with Crippen LogP contribution in [-0.4, -0.2) is 34.6 Å². The van der Waals surface area contributed by atoms with Gasteiger partial charge in [-0.3, -0.25) is 0 Å². The van der Waals surface area contributed by atoms with Crippen LogP contribution in [0.4, 0.5) is 0 Å². The van der Waals surface area contributed by atoms with Crippen molar-refractivity contribution < 1.29 is 0 Å². The van der Waals surface area contributed by atoms with E-state index in [0.29, 0.717) is 6.04 Å². The molecule has 102 valence electrons. The van der Waals surface area contributed by atoms with Gasteiger partial charge < -0.3 is 9.47 Å². The zero-order valence-electron chi connectivity index (χ0n) is 11.1. The lowest BCUT2D eigenvalue weighted by Gasteiger charge is -2.17. The number of alkyl halides is 1. The third-order valence-electron chi connectivity index (χ3n) is 3.77. The van der Waals surface area contributed by atoms with Gasteiger partial charge in [0, 0.05) is 17.6 Å². The predicted octanol–water partition coefficient (Wildman–Crippen LogP) is 3.87. The van der Waals surface area contributed by atoms with Crippen LogP contribution >= 0.6 is 23.2 Å². The molecule has 2 heterocycles. The Balaban J connectivity index is 2.16. The first-order valence-electron chi connectivity index (χ1n) is 6.56. The molecule has 3 rings (SSSR count). The fraction of sp³-hybridized carbons (Fsp3) is 0.500. The summed E-state index contributed by atoms with van der Waals surface area (Å²) in [5, 5.41) is 0.617. The smallest absolute Gasteiger partial charge is 0.128 e. The van der Waals surface area contributed by atoms with Gasteiger partial charge in [-0.25, -0.2) is 4.98 Å². The van der Waals surface area contributed by atoms with Crippen LogP contribution in [-0.2, 0) is 0 Å². The second-order valence-corrected chi connectivity index (χ2v) is 6.38. The van der Waals surface area contributed by atoms with Crippen LogP contribution in [0, 0.1) is 0 Å². The molecule has 2 aromatic rings. The Labute approximate surface area is 123 Å². The number of aromatic nitrogens is 2. The maximum Gasteiger partial charge on any atom is 0.128 e. The van der Waals surface area contributed by atoms with Crippen molar-refractivity contribution in [1.29, 1.82) is 0 Å². The number of nitrogens with zero attached hydrogens (tertiary/aromatic N) is 3. The van der Waals surface area contributed by atoms with Gasteiger partial charge in [0.05, 0.1) is 16.4 Å². The molecular weight excluding hydrogens is 281 g/mol. The summed E-state index contributed by atoms with van der Waals surface area (Å²) in [6, 6.07) is 6.33. The largest absolute Gasteiger partial charge is 0.322 e. The Morgan fingerprint density at radius 3 is 2.84 bits per heavy atom. The summed E-state index contributed by atoms with van der Waals surface area (Å²) in [5.74, 6) is 0.944. The van der Waals surface area contributed by atoms with Crippen LogP contribution in [0.3, 0.4) is 0 Å². The predicted molar refractivity (Wildman–Crippen MR) is 80.2 cm³/mol. The average molecular weight is 298 g/mol. The molecule has 1 aromatic carbocycles. The van der Waals surface area contributed by atoms with Crippen molar-refractivity contribution in [2.45, 2.75) is 24.8 Å². The van der Waals surface area contributed by atoms with Crippen molar-refractivity contribution in [3.05, 3.63) is 29.0 Å². The van der Waals surface area contributed by atoms with Crippen LogP contribution in [0.25, 0.3) is 11.0 Å². The van der Waals surface area contributed by atoms with Gasteiger partial charge in [0.15, 0.2) is 0 Å². The molecule has 1 fully saturated rings. The zero-order chi connectivity index (χ0) is 13.6. The van der Waals surface area contributed by atoms with Gasteiger partial charge in [0.25, 0.3) is 0 Å². The summed E-state index contributed by atoms with van der Waals surface area (Å²) in [5.41, 5.74) is 2.07. The Morgan fingerprint density at radius 2 is 2.21 bits per heavy atom. The van der Waals surface area contributed by atoms with E-state index in [2.05, 4.69) is 21.5 Å². The number of imidazole rings is 1. The number of likely N-dealkylation sites (tertiary alicyclic amines) is 1. The first-order chi connectivity index (χ1) is 9.06. The third-order valence-corrected chi connectivity index (χ3v) is 4.20. The zero-order valence-corrected chi connectivity index (χ0v) is 12.6. The van der Waals surface area contributed by atoms with Crippen LogP contribution in [0.2, 0.25) is 5.02 Å². The number of rotatable bonds is 2. The molecule has 0 N–H and O–H groups in total. The summed E-state index contributed by atoms with van der Waals surface area (Å²) in [6.45, 7) is 4.14. The van der Waals surface area contributed by atoms with Gasteiger partial charge in [0.2, 0.25) is 0 Å². The van der Waals surface area contributed by atoms with E-state index in [-0.39, 0.29) is 5.38 Å². The fourth-order valence-corrected chi connectivity index (χ4v) is 3.20. The molecule has 0 bridgehead atoms. The number of hydrogen-bond donors (Lipinski definition) is 0. The van der Waals surface area contributed by atoms with Crippen LogP contribution in [0.15, 0.2) is 18.2 Å². The Hall–Kier alpha value is -0.770. The minimum absolute atomic E-state index is 0.0999. The lowest BCUT2D eigenvalue weighted by molar-refractivity contribution is 0.392. The summed E-state index contributed by atoms with van der Waals surface area (Å²) < 4.78 is 2.30. The third kappa shape index (κ3) is 2.35. The second-order valence-electron chi connectivity index (χ2n) is 5.29. The second kappa shape index (κ2) is 4.97. The number of fused-ring (bicyclic) bond motifs is 1. The summed E-state index contributed by atoms with van der Waals surface area (Å²) in [7, 11) is 2.15. The Morgan fingerprint density at radius 1 is 1.42 bits per heavy atom. The van der Waals surface area contributed by atoms with Crippen molar-refractivity contribution in [2.75, 3.05) is 20.1 Å². The van der Waals surface area contributed by atoms with Crippen molar-refractivity contribution in [3.63, 3.8) is 0 Å². The maximum atomic E-state index is 6.30. The number of benzene rings is 1. The molecule has 1 aliphatic heterocycles. The first kappa shape index (κ1) is 13.2. The molecule has 5 heteroatoms. The highest BCUT2D eigenvalue weighted by atomic mass is 35.5. The normalized spacial score (nSPS) is 22.2. The molecule has 0 spiro atoms. The van der Waals surface area contributed by atoms with Gasteiger partial charge in [-0.15, -0.1) is 11.6 Å². The van der Waals surface area contributed by atoms with Crippen molar-refractivity contribution in [1.82, 2.24) is 14.5 Å². The van der Waals surface area contributed by atoms with Crippen molar-refractivity contribution in [2.24, 2.45) is 0 Å². The number of likely N-dealkylation sites (N-methyl/N-ethyl adjacent to an activating group) is 1. The molecule has 0 saturated carbocycles. The molecule has 0 aliphatic carbocycles. The van der Waals surface area contributed by atoms with E-state index in [1.54, 1.807) is 0 Å². The maximum absolute atomic E-state index is 6.30. The van der Waals surface area contributed by atoms with Gasteiger partial charge in [-0.2, -0.15) is 0 Å². The minimum Gasteiger partial charge on any atom is -0.322 e.